The molecule has 19 heavy (non-hydrogen) atoms. The zero-order valence-corrected chi connectivity index (χ0v) is 11.1. The van der Waals surface area contributed by atoms with Crippen LogP contribution in [0.5, 0.6) is 5.88 Å². The van der Waals surface area contributed by atoms with E-state index in [0.29, 0.717) is 17.1 Å². The molecule has 0 fully saturated rings. The fraction of sp³-hybridized carbons (Fsp3) is 0.231. The van der Waals surface area contributed by atoms with Crippen LogP contribution in [0.3, 0.4) is 0 Å². The summed E-state index contributed by atoms with van der Waals surface area (Å²) in [5.74, 6) is 0.345. The lowest BCUT2D eigenvalue weighted by Crippen LogP contribution is -2.21. The molecule has 0 radical (unpaired) electrons. The molecule has 0 aliphatic heterocycles. The molecule has 0 bridgehead atoms. The van der Waals surface area contributed by atoms with Gasteiger partial charge in [-0.3, -0.25) is 4.79 Å². The second-order valence-corrected chi connectivity index (χ2v) is 4.28. The lowest BCUT2D eigenvalue weighted by Gasteiger charge is -2.10. The fourth-order valence-corrected chi connectivity index (χ4v) is 1.68. The maximum absolute atomic E-state index is 11.8. The first-order valence-corrected chi connectivity index (χ1v) is 5.74. The van der Waals surface area contributed by atoms with E-state index in [1.54, 1.807) is 37.1 Å². The Morgan fingerprint density at radius 1 is 1.32 bits per heavy atom. The average molecular weight is 260 g/mol. The Hall–Kier alpha value is -2.50. The van der Waals surface area contributed by atoms with Crippen LogP contribution in [-0.2, 0) is 0 Å². The van der Waals surface area contributed by atoms with Crippen LogP contribution in [0, 0.1) is 0 Å². The molecule has 0 saturated heterocycles. The van der Waals surface area contributed by atoms with E-state index < -0.39 is 0 Å². The third-order valence-electron chi connectivity index (χ3n) is 2.69. The van der Waals surface area contributed by atoms with Crippen molar-refractivity contribution in [2.75, 3.05) is 26.9 Å². The average Bonchev–Trinajstić information content (AvgIpc) is 2.79. The second-order valence-electron chi connectivity index (χ2n) is 4.28. The van der Waals surface area contributed by atoms with Crippen LogP contribution in [0.25, 0.3) is 5.69 Å². The van der Waals surface area contributed by atoms with Gasteiger partial charge in [0.2, 0.25) is 0 Å². The van der Waals surface area contributed by atoms with E-state index >= 15 is 0 Å². The summed E-state index contributed by atoms with van der Waals surface area (Å²) >= 11 is 0. The molecular formula is C13H16N4O2. The molecule has 0 aliphatic carbocycles. The van der Waals surface area contributed by atoms with Crippen molar-refractivity contribution < 1.29 is 9.53 Å². The molecule has 0 saturated carbocycles. The Labute approximate surface area is 111 Å². The zero-order chi connectivity index (χ0) is 14.0. The molecule has 100 valence electrons. The van der Waals surface area contributed by atoms with E-state index in [9.17, 15) is 4.79 Å². The number of hydrogen-bond acceptors (Lipinski definition) is 4. The summed E-state index contributed by atoms with van der Waals surface area (Å²) in [6.07, 6.45) is 1.67. The molecule has 0 spiro atoms. The highest BCUT2D eigenvalue weighted by atomic mass is 16.5. The molecule has 2 N–H and O–H groups in total. The van der Waals surface area contributed by atoms with Gasteiger partial charge in [0.15, 0.2) is 0 Å². The smallest absolute Gasteiger partial charge is 0.256 e. The van der Waals surface area contributed by atoms with Crippen molar-refractivity contribution >= 4 is 11.6 Å². The number of aromatic nitrogens is 2. The van der Waals surface area contributed by atoms with Crippen LogP contribution in [0.4, 0.5) is 5.69 Å². The van der Waals surface area contributed by atoms with Crippen molar-refractivity contribution in [3.8, 4) is 11.6 Å². The van der Waals surface area contributed by atoms with Gasteiger partial charge in [-0.15, -0.1) is 5.10 Å². The monoisotopic (exact) mass is 260 g/mol. The predicted octanol–water partition coefficient (Wildman–Crippen LogP) is 1.16. The van der Waals surface area contributed by atoms with Crippen molar-refractivity contribution in [2.24, 2.45) is 0 Å². The van der Waals surface area contributed by atoms with Crippen molar-refractivity contribution in [1.29, 1.82) is 0 Å². The van der Waals surface area contributed by atoms with Gasteiger partial charge >= 0.3 is 0 Å². The van der Waals surface area contributed by atoms with Gasteiger partial charge in [0, 0.05) is 19.7 Å². The first-order valence-electron chi connectivity index (χ1n) is 5.74. The summed E-state index contributed by atoms with van der Waals surface area (Å²) in [7, 11) is 4.95. The molecule has 6 nitrogen and oxygen atoms in total. The Balaban J connectivity index is 2.29. The number of hydrogen-bond donors (Lipinski definition) is 1. The van der Waals surface area contributed by atoms with E-state index in [-0.39, 0.29) is 5.91 Å². The molecule has 0 unspecified atom stereocenters. The van der Waals surface area contributed by atoms with Crippen LogP contribution < -0.4 is 10.5 Å². The number of nitrogens with two attached hydrogens (primary N) is 1. The Kier molecular flexibility index (Phi) is 3.41. The third kappa shape index (κ3) is 2.52. The minimum absolute atomic E-state index is 0.0379. The molecule has 1 aromatic heterocycles. The molecule has 6 heteroatoms. The van der Waals surface area contributed by atoms with Gasteiger partial charge in [0.1, 0.15) is 5.69 Å². The summed E-state index contributed by atoms with van der Waals surface area (Å²) in [6.45, 7) is 0. The Morgan fingerprint density at radius 3 is 2.42 bits per heavy atom. The molecule has 0 atom stereocenters. The zero-order valence-electron chi connectivity index (χ0n) is 11.1. The number of anilines is 1. The molecule has 1 amide bonds. The normalized spacial score (nSPS) is 10.3. The Morgan fingerprint density at radius 2 is 1.95 bits per heavy atom. The minimum atomic E-state index is -0.0379. The van der Waals surface area contributed by atoms with E-state index in [0.717, 1.165) is 5.69 Å². The van der Waals surface area contributed by atoms with Gasteiger partial charge in [0.05, 0.1) is 19.0 Å². The quantitative estimate of drug-likeness (QED) is 0.899. The van der Waals surface area contributed by atoms with Gasteiger partial charge in [-0.1, -0.05) is 0 Å². The third-order valence-corrected chi connectivity index (χ3v) is 2.69. The standard InChI is InChI=1S/C13H16N4O2/c1-16(2)13(18)9-4-6-10(7-5-9)17-8-11(14)12(15-17)19-3/h4-8H,14H2,1-3H3. The van der Waals surface area contributed by atoms with Crippen LogP contribution >= 0.6 is 0 Å². The maximum Gasteiger partial charge on any atom is 0.256 e. The summed E-state index contributed by atoms with van der Waals surface area (Å²) in [5, 5.41) is 4.18. The fourth-order valence-electron chi connectivity index (χ4n) is 1.68. The number of amides is 1. The predicted molar refractivity (Wildman–Crippen MR) is 72.5 cm³/mol. The number of benzene rings is 1. The molecule has 1 heterocycles. The lowest BCUT2D eigenvalue weighted by molar-refractivity contribution is 0.0827. The summed E-state index contributed by atoms with van der Waals surface area (Å²) in [6, 6.07) is 7.12. The molecular weight excluding hydrogens is 244 g/mol. The van der Waals surface area contributed by atoms with Gasteiger partial charge in [-0.05, 0) is 24.3 Å². The first-order chi connectivity index (χ1) is 9.02. The minimum Gasteiger partial charge on any atom is -0.478 e. The number of nitrogens with zero attached hydrogens (tertiary/aromatic N) is 3. The largest absolute Gasteiger partial charge is 0.478 e. The number of carbonyl (C=O) groups excluding carboxylic acids is 1. The van der Waals surface area contributed by atoms with Gasteiger partial charge < -0.3 is 15.4 Å². The molecule has 2 rings (SSSR count). The lowest BCUT2D eigenvalue weighted by atomic mass is 10.2. The van der Waals surface area contributed by atoms with Crippen LogP contribution in [0.1, 0.15) is 10.4 Å². The van der Waals surface area contributed by atoms with E-state index in [2.05, 4.69) is 5.10 Å². The number of rotatable bonds is 3. The van der Waals surface area contributed by atoms with Crippen molar-refractivity contribution in [2.45, 2.75) is 0 Å². The molecule has 2 aromatic rings. The number of nitrogen functional groups attached to an aromatic ring is 1. The van der Waals surface area contributed by atoms with Crippen molar-refractivity contribution in [3.05, 3.63) is 36.0 Å². The van der Waals surface area contributed by atoms with Crippen molar-refractivity contribution in [1.82, 2.24) is 14.7 Å². The number of carbonyl (C=O) groups is 1. The summed E-state index contributed by atoms with van der Waals surface area (Å²) in [4.78, 5) is 13.3. The highest BCUT2D eigenvalue weighted by Gasteiger charge is 2.10. The molecule has 1 aromatic carbocycles. The SMILES string of the molecule is COc1nn(-c2ccc(C(=O)N(C)C)cc2)cc1N. The van der Waals surface area contributed by atoms with Crippen molar-refractivity contribution in [3.63, 3.8) is 0 Å². The van der Waals surface area contributed by atoms with Crippen LogP contribution in [0.15, 0.2) is 30.5 Å². The number of ether oxygens (including phenoxy) is 1. The first kappa shape index (κ1) is 12.9. The number of methoxy groups -OCH3 is 1. The summed E-state index contributed by atoms with van der Waals surface area (Å²) in [5.41, 5.74) is 7.64. The topological polar surface area (TPSA) is 73.4 Å². The summed E-state index contributed by atoms with van der Waals surface area (Å²) < 4.78 is 6.63. The maximum atomic E-state index is 11.8. The Bertz CT molecular complexity index is 587. The molecule has 0 aliphatic rings. The van der Waals surface area contributed by atoms with Crippen LogP contribution in [-0.4, -0.2) is 41.8 Å². The van der Waals surface area contributed by atoms with Gasteiger partial charge in [-0.25, -0.2) is 4.68 Å². The van der Waals surface area contributed by atoms with Crippen LogP contribution in [0.2, 0.25) is 0 Å². The van der Waals surface area contributed by atoms with Gasteiger partial charge in [0.25, 0.3) is 11.8 Å². The van der Waals surface area contributed by atoms with Gasteiger partial charge in [-0.2, -0.15) is 0 Å². The van der Waals surface area contributed by atoms with E-state index in [1.165, 1.54) is 12.0 Å². The van der Waals surface area contributed by atoms with E-state index in [4.69, 9.17) is 10.5 Å². The second kappa shape index (κ2) is 5.01. The van der Waals surface area contributed by atoms with E-state index in [1.807, 2.05) is 12.1 Å². The highest BCUT2D eigenvalue weighted by molar-refractivity contribution is 5.94. The highest BCUT2D eigenvalue weighted by Crippen LogP contribution is 2.20.